The van der Waals surface area contributed by atoms with Gasteiger partial charge in [0.1, 0.15) is 12.1 Å². The fraction of sp³-hybridized carbons (Fsp3) is 0.300. The summed E-state index contributed by atoms with van der Waals surface area (Å²) in [5.41, 5.74) is 0.342. The lowest BCUT2D eigenvalue weighted by Gasteiger charge is -2.02. The van der Waals surface area contributed by atoms with Crippen molar-refractivity contribution in [3.05, 3.63) is 29.6 Å². The Labute approximate surface area is 86.1 Å². The number of carbonyl (C=O) groups excluding carboxylic acids is 1. The molecule has 1 aromatic rings. The zero-order chi connectivity index (χ0) is 10.4. The minimum absolute atomic E-state index is 0.112. The SMILES string of the molecule is O=Cc1ccc(SCCCO)c(F)c1. The van der Waals surface area contributed by atoms with Gasteiger partial charge in [-0.2, -0.15) is 0 Å². The Hall–Kier alpha value is -0.870. The lowest BCUT2D eigenvalue weighted by atomic mass is 10.2. The molecule has 0 saturated carbocycles. The number of hydrogen-bond donors (Lipinski definition) is 1. The molecule has 2 nitrogen and oxygen atoms in total. The topological polar surface area (TPSA) is 37.3 Å². The van der Waals surface area contributed by atoms with E-state index in [-0.39, 0.29) is 12.4 Å². The molecule has 0 aromatic heterocycles. The molecule has 0 atom stereocenters. The number of carbonyl (C=O) groups is 1. The van der Waals surface area contributed by atoms with Crippen LogP contribution in [0.4, 0.5) is 4.39 Å². The summed E-state index contributed by atoms with van der Waals surface area (Å²) in [6, 6.07) is 4.38. The van der Waals surface area contributed by atoms with Gasteiger partial charge in [0.2, 0.25) is 0 Å². The Morgan fingerprint density at radius 3 is 2.86 bits per heavy atom. The standard InChI is InChI=1S/C10H11FO2S/c11-9-6-8(7-13)2-3-10(9)14-5-1-4-12/h2-3,6-7,12H,1,4-5H2. The van der Waals surface area contributed by atoms with Crippen molar-refractivity contribution in [3.63, 3.8) is 0 Å². The first kappa shape index (κ1) is 11.2. The van der Waals surface area contributed by atoms with Gasteiger partial charge in [0.25, 0.3) is 0 Å². The molecule has 4 heteroatoms. The molecule has 0 unspecified atom stereocenters. The average Bonchev–Trinajstić information content (AvgIpc) is 2.20. The molecule has 0 bridgehead atoms. The Balaban J connectivity index is 2.64. The number of halogens is 1. The highest BCUT2D eigenvalue weighted by molar-refractivity contribution is 7.99. The number of benzene rings is 1. The molecule has 0 aliphatic rings. The van der Waals surface area contributed by atoms with Gasteiger partial charge in [-0.1, -0.05) is 6.07 Å². The van der Waals surface area contributed by atoms with Crippen LogP contribution in [-0.2, 0) is 0 Å². The van der Waals surface area contributed by atoms with E-state index >= 15 is 0 Å². The van der Waals surface area contributed by atoms with Crippen LogP contribution >= 0.6 is 11.8 Å². The fourth-order valence-electron chi connectivity index (χ4n) is 0.954. The van der Waals surface area contributed by atoms with Crippen LogP contribution in [0.25, 0.3) is 0 Å². The Morgan fingerprint density at radius 2 is 2.29 bits per heavy atom. The van der Waals surface area contributed by atoms with Gasteiger partial charge in [0.05, 0.1) is 0 Å². The van der Waals surface area contributed by atoms with Gasteiger partial charge in [-0.3, -0.25) is 4.79 Å². The molecule has 1 rings (SSSR count). The average molecular weight is 214 g/mol. The van der Waals surface area contributed by atoms with Crippen molar-refractivity contribution in [1.29, 1.82) is 0 Å². The minimum atomic E-state index is -0.377. The third-order valence-corrected chi connectivity index (χ3v) is 2.79. The van der Waals surface area contributed by atoms with E-state index in [0.29, 0.717) is 28.9 Å². The van der Waals surface area contributed by atoms with Crippen molar-refractivity contribution in [1.82, 2.24) is 0 Å². The summed E-state index contributed by atoms with van der Waals surface area (Å²) in [7, 11) is 0. The highest BCUT2D eigenvalue weighted by Crippen LogP contribution is 2.22. The summed E-state index contributed by atoms with van der Waals surface area (Å²) in [4.78, 5) is 10.8. The van der Waals surface area contributed by atoms with Gasteiger partial charge in [-0.25, -0.2) is 4.39 Å². The molecular weight excluding hydrogens is 203 g/mol. The van der Waals surface area contributed by atoms with Crippen molar-refractivity contribution in [3.8, 4) is 0 Å². The maximum Gasteiger partial charge on any atom is 0.150 e. The second kappa shape index (κ2) is 5.78. The summed E-state index contributed by atoms with van der Waals surface area (Å²) < 4.78 is 13.2. The van der Waals surface area contributed by atoms with E-state index in [1.54, 1.807) is 12.1 Å². The first-order valence-corrected chi connectivity index (χ1v) is 5.25. The zero-order valence-corrected chi connectivity index (χ0v) is 8.39. The Bertz CT molecular complexity index is 315. The van der Waals surface area contributed by atoms with Gasteiger partial charge in [0, 0.05) is 22.8 Å². The number of aldehydes is 1. The van der Waals surface area contributed by atoms with Crippen LogP contribution in [0.5, 0.6) is 0 Å². The van der Waals surface area contributed by atoms with Crippen LogP contribution in [0.3, 0.4) is 0 Å². The normalized spacial score (nSPS) is 10.1. The molecule has 0 aliphatic carbocycles. The third kappa shape index (κ3) is 3.12. The number of thioether (sulfide) groups is 1. The lowest BCUT2D eigenvalue weighted by molar-refractivity contribution is 0.112. The van der Waals surface area contributed by atoms with Gasteiger partial charge >= 0.3 is 0 Å². The van der Waals surface area contributed by atoms with Crippen LogP contribution < -0.4 is 0 Å². The molecule has 0 fully saturated rings. The highest BCUT2D eigenvalue weighted by Gasteiger charge is 2.03. The molecule has 0 spiro atoms. The van der Waals surface area contributed by atoms with Crippen molar-refractivity contribution in [2.24, 2.45) is 0 Å². The first-order chi connectivity index (χ1) is 6.77. The van der Waals surface area contributed by atoms with Crippen LogP contribution in [-0.4, -0.2) is 23.8 Å². The van der Waals surface area contributed by atoms with Crippen molar-refractivity contribution >= 4 is 18.0 Å². The van der Waals surface area contributed by atoms with Crippen molar-refractivity contribution in [2.45, 2.75) is 11.3 Å². The maximum absolute atomic E-state index is 13.2. The Morgan fingerprint density at radius 1 is 1.50 bits per heavy atom. The smallest absolute Gasteiger partial charge is 0.150 e. The third-order valence-electron chi connectivity index (χ3n) is 1.65. The molecule has 0 radical (unpaired) electrons. The fourth-order valence-corrected chi connectivity index (χ4v) is 1.81. The van der Waals surface area contributed by atoms with Crippen LogP contribution in [0.2, 0.25) is 0 Å². The summed E-state index contributed by atoms with van der Waals surface area (Å²) in [5.74, 6) is 0.297. The van der Waals surface area contributed by atoms with Gasteiger partial charge in [0.15, 0.2) is 0 Å². The van der Waals surface area contributed by atoms with E-state index in [0.717, 1.165) is 0 Å². The molecular formula is C10H11FO2S. The number of hydrogen-bond acceptors (Lipinski definition) is 3. The number of aliphatic hydroxyl groups is 1. The summed E-state index contributed by atoms with van der Waals surface area (Å²) in [5, 5.41) is 8.54. The monoisotopic (exact) mass is 214 g/mol. The molecule has 1 aromatic carbocycles. The summed E-state index contributed by atoms with van der Waals surface area (Å²) >= 11 is 1.34. The predicted molar refractivity (Wildman–Crippen MR) is 54.2 cm³/mol. The van der Waals surface area contributed by atoms with E-state index in [2.05, 4.69) is 0 Å². The Kier molecular flexibility index (Phi) is 4.62. The second-order valence-corrected chi connectivity index (χ2v) is 3.87. The number of rotatable bonds is 5. The summed E-state index contributed by atoms with van der Waals surface area (Å²) in [6.45, 7) is 0.112. The van der Waals surface area contributed by atoms with E-state index in [4.69, 9.17) is 5.11 Å². The van der Waals surface area contributed by atoms with Crippen LogP contribution in [0.15, 0.2) is 23.1 Å². The molecule has 1 N–H and O–H groups in total. The van der Waals surface area contributed by atoms with E-state index < -0.39 is 0 Å². The van der Waals surface area contributed by atoms with Gasteiger partial charge in [-0.15, -0.1) is 11.8 Å². The largest absolute Gasteiger partial charge is 0.396 e. The van der Waals surface area contributed by atoms with E-state index in [9.17, 15) is 9.18 Å². The predicted octanol–water partition coefficient (Wildman–Crippen LogP) is 2.11. The molecule has 0 saturated heterocycles. The maximum atomic E-state index is 13.2. The van der Waals surface area contributed by atoms with Gasteiger partial charge < -0.3 is 5.11 Å². The van der Waals surface area contributed by atoms with Crippen molar-refractivity contribution < 1.29 is 14.3 Å². The lowest BCUT2D eigenvalue weighted by Crippen LogP contribution is -1.89. The summed E-state index contributed by atoms with van der Waals surface area (Å²) in [6.07, 6.45) is 1.25. The molecule has 0 aliphatic heterocycles. The second-order valence-electron chi connectivity index (χ2n) is 2.73. The molecule has 0 heterocycles. The number of aliphatic hydroxyl groups excluding tert-OH is 1. The van der Waals surface area contributed by atoms with E-state index in [1.165, 1.54) is 17.8 Å². The first-order valence-electron chi connectivity index (χ1n) is 4.26. The highest BCUT2D eigenvalue weighted by atomic mass is 32.2. The molecule has 14 heavy (non-hydrogen) atoms. The van der Waals surface area contributed by atoms with Crippen LogP contribution in [0.1, 0.15) is 16.8 Å². The molecule has 0 amide bonds. The minimum Gasteiger partial charge on any atom is -0.396 e. The molecule has 76 valence electrons. The van der Waals surface area contributed by atoms with E-state index in [1.807, 2.05) is 0 Å². The zero-order valence-electron chi connectivity index (χ0n) is 7.57. The van der Waals surface area contributed by atoms with Crippen molar-refractivity contribution in [2.75, 3.05) is 12.4 Å². The quantitative estimate of drug-likeness (QED) is 0.463. The van der Waals surface area contributed by atoms with Crippen LogP contribution in [0, 0.1) is 5.82 Å². The van der Waals surface area contributed by atoms with Gasteiger partial charge in [-0.05, 0) is 18.6 Å².